The van der Waals surface area contributed by atoms with Crippen LogP contribution in [-0.2, 0) is 4.79 Å². The first-order valence-corrected chi connectivity index (χ1v) is 8.54. The number of carbonyl (C=O) groups is 1. The van der Waals surface area contributed by atoms with Crippen molar-refractivity contribution in [2.45, 2.75) is 13.0 Å². The molecule has 1 aliphatic heterocycles. The van der Waals surface area contributed by atoms with E-state index in [1.54, 1.807) is 6.08 Å². The Morgan fingerprint density at radius 3 is 2.81 bits per heavy atom. The summed E-state index contributed by atoms with van der Waals surface area (Å²) < 4.78 is 5.68. The number of hydrogen-bond acceptors (Lipinski definition) is 4. The zero-order chi connectivity index (χ0) is 18.5. The average molecular weight is 347 g/mol. The van der Waals surface area contributed by atoms with Crippen molar-refractivity contribution in [1.82, 2.24) is 5.32 Å². The first kappa shape index (κ1) is 17.6. The van der Waals surface area contributed by atoms with Crippen LogP contribution in [0.1, 0.15) is 24.1 Å². The number of carbonyl (C=O) groups excluding carboxylic acids is 1. The van der Waals surface area contributed by atoms with Crippen LogP contribution in [0.4, 0.5) is 5.69 Å². The van der Waals surface area contributed by atoms with E-state index in [1.807, 2.05) is 68.6 Å². The molecular weight excluding hydrogens is 326 g/mol. The number of likely N-dealkylation sites (N-methyl/N-ethyl adjacent to an activating group) is 1. The van der Waals surface area contributed by atoms with Gasteiger partial charge in [-0.15, -0.1) is 0 Å². The minimum absolute atomic E-state index is 0.0666. The Balaban J connectivity index is 1.78. The van der Waals surface area contributed by atoms with Crippen molar-refractivity contribution in [3.8, 4) is 11.8 Å². The summed E-state index contributed by atoms with van der Waals surface area (Å²) in [6.45, 7) is 3.35. The molecule has 1 heterocycles. The molecule has 1 N–H and O–H groups in total. The minimum Gasteiger partial charge on any atom is -0.490 e. The van der Waals surface area contributed by atoms with Gasteiger partial charge in [-0.1, -0.05) is 36.4 Å². The van der Waals surface area contributed by atoms with E-state index in [-0.39, 0.29) is 17.5 Å². The highest BCUT2D eigenvalue weighted by molar-refractivity contribution is 6.02. The summed E-state index contributed by atoms with van der Waals surface area (Å²) in [5.74, 6) is 0.377. The molecule has 0 bridgehead atoms. The van der Waals surface area contributed by atoms with E-state index in [0.717, 1.165) is 29.1 Å². The van der Waals surface area contributed by atoms with Gasteiger partial charge in [-0.05, 0) is 36.3 Å². The van der Waals surface area contributed by atoms with Gasteiger partial charge in [0.25, 0.3) is 5.91 Å². The number of nitriles is 1. The third-order valence-electron chi connectivity index (χ3n) is 4.40. The Kier molecular flexibility index (Phi) is 5.23. The van der Waals surface area contributed by atoms with Crippen molar-refractivity contribution >= 4 is 17.7 Å². The highest BCUT2D eigenvalue weighted by Gasteiger charge is 2.16. The van der Waals surface area contributed by atoms with Gasteiger partial charge >= 0.3 is 0 Å². The number of ether oxygens (including phenoxy) is 1. The summed E-state index contributed by atoms with van der Waals surface area (Å²) in [5.41, 5.74) is 2.83. The Morgan fingerprint density at radius 1 is 1.31 bits per heavy atom. The molecule has 26 heavy (non-hydrogen) atoms. The summed E-state index contributed by atoms with van der Waals surface area (Å²) in [6, 6.07) is 17.1. The number of fused-ring (bicyclic) bond motifs is 1. The quantitative estimate of drug-likeness (QED) is 0.681. The van der Waals surface area contributed by atoms with Crippen LogP contribution in [0.5, 0.6) is 5.75 Å². The third-order valence-corrected chi connectivity index (χ3v) is 4.40. The smallest absolute Gasteiger partial charge is 0.262 e. The zero-order valence-electron chi connectivity index (χ0n) is 14.9. The van der Waals surface area contributed by atoms with Gasteiger partial charge in [0, 0.05) is 7.05 Å². The predicted octanol–water partition coefficient (Wildman–Crippen LogP) is 3.30. The molecule has 0 fully saturated rings. The van der Waals surface area contributed by atoms with E-state index in [9.17, 15) is 10.1 Å². The molecule has 0 aliphatic carbocycles. The molecule has 0 saturated carbocycles. The first-order chi connectivity index (χ1) is 12.6. The van der Waals surface area contributed by atoms with Crippen LogP contribution in [0.25, 0.3) is 6.08 Å². The van der Waals surface area contributed by atoms with E-state index in [1.165, 1.54) is 0 Å². The highest BCUT2D eigenvalue weighted by Crippen LogP contribution is 2.32. The van der Waals surface area contributed by atoms with Crippen LogP contribution in [-0.4, -0.2) is 26.1 Å². The molecule has 5 heteroatoms. The number of anilines is 1. The predicted molar refractivity (Wildman–Crippen MR) is 102 cm³/mol. The number of rotatable bonds is 4. The van der Waals surface area contributed by atoms with Gasteiger partial charge < -0.3 is 15.0 Å². The van der Waals surface area contributed by atoms with Gasteiger partial charge in [0.05, 0.1) is 18.3 Å². The Morgan fingerprint density at radius 2 is 2.08 bits per heavy atom. The fourth-order valence-electron chi connectivity index (χ4n) is 2.88. The van der Waals surface area contributed by atoms with Gasteiger partial charge in [0.15, 0.2) is 0 Å². The van der Waals surface area contributed by atoms with Crippen LogP contribution in [0.2, 0.25) is 0 Å². The summed E-state index contributed by atoms with van der Waals surface area (Å²) >= 11 is 0. The topological polar surface area (TPSA) is 65.4 Å². The van der Waals surface area contributed by atoms with Gasteiger partial charge in [-0.2, -0.15) is 5.26 Å². The van der Waals surface area contributed by atoms with Gasteiger partial charge in [0.2, 0.25) is 0 Å². The lowest BCUT2D eigenvalue weighted by molar-refractivity contribution is -0.117. The summed E-state index contributed by atoms with van der Waals surface area (Å²) in [4.78, 5) is 14.6. The number of nitrogens with one attached hydrogen (secondary N) is 1. The fourth-order valence-corrected chi connectivity index (χ4v) is 2.88. The maximum absolute atomic E-state index is 12.5. The van der Waals surface area contributed by atoms with Crippen molar-refractivity contribution in [3.63, 3.8) is 0 Å². The van der Waals surface area contributed by atoms with Gasteiger partial charge in [-0.25, -0.2) is 0 Å². The normalized spacial score (nSPS) is 14.7. The van der Waals surface area contributed by atoms with Crippen LogP contribution in [0.15, 0.2) is 54.1 Å². The van der Waals surface area contributed by atoms with Crippen molar-refractivity contribution in [2.75, 3.05) is 25.1 Å². The number of amides is 1. The van der Waals surface area contributed by atoms with Crippen LogP contribution < -0.4 is 15.0 Å². The molecule has 2 aromatic carbocycles. The van der Waals surface area contributed by atoms with Crippen molar-refractivity contribution in [1.29, 1.82) is 5.26 Å². The van der Waals surface area contributed by atoms with E-state index < -0.39 is 0 Å². The SMILES string of the molecule is C[C@H](NC(=O)/C(C#N)=C/c1ccc2c(c1)OCCN2C)c1ccccc1. The molecule has 0 spiro atoms. The van der Waals surface area contributed by atoms with Crippen molar-refractivity contribution < 1.29 is 9.53 Å². The van der Waals surface area contributed by atoms with E-state index >= 15 is 0 Å². The summed E-state index contributed by atoms with van der Waals surface area (Å²) in [5, 5.41) is 12.3. The van der Waals surface area contributed by atoms with Gasteiger partial charge in [0.1, 0.15) is 24.0 Å². The summed E-state index contributed by atoms with van der Waals surface area (Å²) in [6.07, 6.45) is 1.59. The maximum Gasteiger partial charge on any atom is 0.262 e. The van der Waals surface area contributed by atoms with E-state index in [0.29, 0.717) is 6.61 Å². The molecule has 0 radical (unpaired) electrons. The lowest BCUT2D eigenvalue weighted by atomic mass is 10.1. The number of hydrogen-bond donors (Lipinski definition) is 1. The Bertz CT molecular complexity index is 869. The molecule has 0 unspecified atom stereocenters. The molecule has 1 aliphatic rings. The highest BCUT2D eigenvalue weighted by atomic mass is 16.5. The molecule has 0 aromatic heterocycles. The zero-order valence-corrected chi connectivity index (χ0v) is 14.9. The second-order valence-electron chi connectivity index (χ2n) is 6.27. The van der Waals surface area contributed by atoms with Gasteiger partial charge in [-0.3, -0.25) is 4.79 Å². The second-order valence-corrected chi connectivity index (χ2v) is 6.27. The first-order valence-electron chi connectivity index (χ1n) is 8.54. The van der Waals surface area contributed by atoms with E-state index in [4.69, 9.17) is 4.74 Å². The molecule has 3 rings (SSSR count). The lowest BCUT2D eigenvalue weighted by Gasteiger charge is -2.27. The maximum atomic E-state index is 12.5. The molecular formula is C21H21N3O2. The molecule has 0 saturated heterocycles. The number of benzene rings is 2. The lowest BCUT2D eigenvalue weighted by Crippen LogP contribution is -2.28. The molecule has 1 amide bonds. The number of nitrogens with zero attached hydrogens (tertiary/aromatic N) is 2. The summed E-state index contributed by atoms with van der Waals surface area (Å²) in [7, 11) is 2.01. The Labute approximate surface area is 153 Å². The molecule has 2 aromatic rings. The molecule has 1 atom stereocenters. The van der Waals surface area contributed by atoms with E-state index in [2.05, 4.69) is 10.2 Å². The van der Waals surface area contributed by atoms with Crippen LogP contribution >= 0.6 is 0 Å². The van der Waals surface area contributed by atoms with Crippen LogP contribution in [0, 0.1) is 11.3 Å². The van der Waals surface area contributed by atoms with Crippen molar-refractivity contribution in [2.24, 2.45) is 0 Å². The minimum atomic E-state index is -0.389. The monoisotopic (exact) mass is 347 g/mol. The molecule has 132 valence electrons. The van der Waals surface area contributed by atoms with Crippen molar-refractivity contribution in [3.05, 3.63) is 65.2 Å². The average Bonchev–Trinajstić information content (AvgIpc) is 2.66. The standard InChI is InChI=1S/C21H21N3O2/c1-15(17-6-4-3-5-7-17)23-21(25)18(14-22)12-16-8-9-19-20(13-16)26-11-10-24(19)2/h3-9,12-13,15H,10-11H2,1-2H3,(H,23,25)/b18-12+/t15-/m0/s1. The Hall–Kier alpha value is -3.26. The fraction of sp³-hybridized carbons (Fsp3) is 0.238. The molecule has 5 nitrogen and oxygen atoms in total. The largest absolute Gasteiger partial charge is 0.490 e. The third kappa shape index (κ3) is 3.86. The second kappa shape index (κ2) is 7.75. The van der Waals surface area contributed by atoms with Crippen LogP contribution in [0.3, 0.4) is 0 Å².